The Morgan fingerprint density at radius 1 is 1.39 bits per heavy atom. The smallest absolute Gasteiger partial charge is 0.0671 e. The minimum absolute atomic E-state index is 0.222. The molecular formula is C14H15BrClNS. The number of halogens is 2. The second-order valence-electron chi connectivity index (χ2n) is 4.11. The van der Waals surface area contributed by atoms with Crippen LogP contribution in [0.25, 0.3) is 0 Å². The summed E-state index contributed by atoms with van der Waals surface area (Å²) in [5.41, 5.74) is 1.20. The molecule has 0 bridgehead atoms. The number of hydrogen-bond donors (Lipinski definition) is 1. The van der Waals surface area contributed by atoms with Gasteiger partial charge < -0.3 is 5.32 Å². The van der Waals surface area contributed by atoms with Crippen LogP contribution < -0.4 is 5.32 Å². The normalized spacial score (nSPS) is 12.6. The summed E-state index contributed by atoms with van der Waals surface area (Å²) in [6.45, 7) is 3.17. The minimum atomic E-state index is 0.222. The third-order valence-electron chi connectivity index (χ3n) is 2.64. The molecule has 0 saturated heterocycles. The maximum absolute atomic E-state index is 6.14. The Balaban J connectivity index is 2.33. The maximum atomic E-state index is 6.14. The van der Waals surface area contributed by atoms with E-state index in [0.717, 1.165) is 22.5 Å². The third kappa shape index (κ3) is 3.58. The van der Waals surface area contributed by atoms with Gasteiger partial charge in [0.05, 0.1) is 6.04 Å². The zero-order chi connectivity index (χ0) is 13.0. The van der Waals surface area contributed by atoms with Crippen LogP contribution in [-0.2, 0) is 0 Å². The van der Waals surface area contributed by atoms with Crippen molar-refractivity contribution < 1.29 is 0 Å². The zero-order valence-corrected chi connectivity index (χ0v) is 13.3. The zero-order valence-electron chi connectivity index (χ0n) is 10.1. The first kappa shape index (κ1) is 14.1. The van der Waals surface area contributed by atoms with Crippen LogP contribution in [0.3, 0.4) is 0 Å². The molecule has 96 valence electrons. The SMILES string of the molecule is CCCNC(c1cc(Cl)cc(Br)c1)c1cccs1. The van der Waals surface area contributed by atoms with E-state index in [4.69, 9.17) is 11.6 Å². The summed E-state index contributed by atoms with van der Waals surface area (Å²) < 4.78 is 1.02. The molecule has 0 spiro atoms. The fraction of sp³-hybridized carbons (Fsp3) is 0.286. The molecule has 0 saturated carbocycles. The summed E-state index contributed by atoms with van der Waals surface area (Å²) in [6, 6.07) is 10.5. The molecular weight excluding hydrogens is 330 g/mol. The molecule has 0 radical (unpaired) electrons. The van der Waals surface area contributed by atoms with Crippen molar-refractivity contribution in [1.29, 1.82) is 0 Å². The van der Waals surface area contributed by atoms with Crippen LogP contribution >= 0.6 is 38.9 Å². The Labute approximate surface area is 125 Å². The van der Waals surface area contributed by atoms with E-state index in [0.29, 0.717) is 0 Å². The molecule has 1 aromatic heterocycles. The molecule has 2 aromatic rings. The minimum Gasteiger partial charge on any atom is -0.306 e. The second-order valence-corrected chi connectivity index (χ2v) is 6.44. The fourth-order valence-corrected chi connectivity index (χ4v) is 3.58. The first-order chi connectivity index (χ1) is 8.70. The molecule has 1 nitrogen and oxygen atoms in total. The lowest BCUT2D eigenvalue weighted by molar-refractivity contribution is 0.606. The van der Waals surface area contributed by atoms with Gasteiger partial charge in [0.1, 0.15) is 0 Å². The van der Waals surface area contributed by atoms with Gasteiger partial charge >= 0.3 is 0 Å². The van der Waals surface area contributed by atoms with E-state index in [1.165, 1.54) is 10.4 Å². The van der Waals surface area contributed by atoms with Crippen LogP contribution in [0, 0.1) is 0 Å². The molecule has 1 N–H and O–H groups in total. The number of rotatable bonds is 5. The summed E-state index contributed by atoms with van der Waals surface area (Å²) in [7, 11) is 0. The fourth-order valence-electron chi connectivity index (χ4n) is 1.87. The van der Waals surface area contributed by atoms with Crippen molar-refractivity contribution in [3.05, 3.63) is 55.6 Å². The number of benzene rings is 1. The topological polar surface area (TPSA) is 12.0 Å². The number of thiophene rings is 1. The lowest BCUT2D eigenvalue weighted by atomic mass is 10.1. The van der Waals surface area contributed by atoms with Gasteiger partial charge in [-0.25, -0.2) is 0 Å². The molecule has 0 fully saturated rings. The van der Waals surface area contributed by atoms with Crippen LogP contribution in [0.2, 0.25) is 5.02 Å². The lowest BCUT2D eigenvalue weighted by Gasteiger charge is -2.18. The van der Waals surface area contributed by atoms with Crippen LogP contribution in [0.4, 0.5) is 0 Å². The van der Waals surface area contributed by atoms with Crippen molar-refractivity contribution in [1.82, 2.24) is 5.32 Å². The van der Waals surface area contributed by atoms with Gasteiger partial charge in [-0.05, 0) is 48.2 Å². The quantitative estimate of drug-likeness (QED) is 0.781. The van der Waals surface area contributed by atoms with Crippen molar-refractivity contribution in [2.75, 3.05) is 6.54 Å². The molecule has 1 aromatic carbocycles. The molecule has 1 unspecified atom stereocenters. The Hall–Kier alpha value is -0.350. The van der Waals surface area contributed by atoms with Gasteiger partial charge in [0.2, 0.25) is 0 Å². The maximum Gasteiger partial charge on any atom is 0.0671 e. The van der Waals surface area contributed by atoms with E-state index < -0.39 is 0 Å². The Morgan fingerprint density at radius 3 is 2.83 bits per heavy atom. The largest absolute Gasteiger partial charge is 0.306 e. The Kier molecular flexibility index (Phi) is 5.25. The standard InChI is InChI=1S/C14H15BrClNS/c1-2-5-17-14(13-4-3-6-18-13)10-7-11(15)9-12(16)8-10/h3-4,6-9,14,17H,2,5H2,1H3. The van der Waals surface area contributed by atoms with Crippen LogP contribution in [0.1, 0.15) is 29.8 Å². The lowest BCUT2D eigenvalue weighted by Crippen LogP contribution is -2.22. The van der Waals surface area contributed by atoms with Gasteiger partial charge in [0.15, 0.2) is 0 Å². The van der Waals surface area contributed by atoms with Crippen molar-refractivity contribution >= 4 is 38.9 Å². The Morgan fingerprint density at radius 2 is 2.22 bits per heavy atom. The summed E-state index contributed by atoms with van der Waals surface area (Å²) in [4.78, 5) is 1.32. The first-order valence-electron chi connectivity index (χ1n) is 5.93. The molecule has 18 heavy (non-hydrogen) atoms. The highest BCUT2D eigenvalue weighted by molar-refractivity contribution is 9.10. The van der Waals surface area contributed by atoms with Crippen LogP contribution in [-0.4, -0.2) is 6.54 Å². The Bertz CT molecular complexity index is 478. The average molecular weight is 345 g/mol. The summed E-state index contributed by atoms with van der Waals surface area (Å²) in [5.74, 6) is 0. The van der Waals surface area contributed by atoms with Crippen LogP contribution in [0.5, 0.6) is 0 Å². The predicted octanol–water partition coefficient (Wildman–Crippen LogP) is 5.25. The molecule has 0 amide bonds. The first-order valence-corrected chi connectivity index (χ1v) is 7.98. The highest BCUT2D eigenvalue weighted by Crippen LogP contribution is 2.30. The molecule has 4 heteroatoms. The van der Waals surface area contributed by atoms with E-state index >= 15 is 0 Å². The predicted molar refractivity (Wildman–Crippen MR) is 83.6 cm³/mol. The monoisotopic (exact) mass is 343 g/mol. The molecule has 0 aliphatic carbocycles. The van der Waals surface area contributed by atoms with Gasteiger partial charge in [-0.2, -0.15) is 0 Å². The average Bonchev–Trinajstić information content (AvgIpc) is 2.82. The van der Waals surface area contributed by atoms with Crippen molar-refractivity contribution in [2.45, 2.75) is 19.4 Å². The van der Waals surface area contributed by atoms with Gasteiger partial charge in [0.25, 0.3) is 0 Å². The molecule has 0 aliphatic rings. The second kappa shape index (κ2) is 6.71. The van der Waals surface area contributed by atoms with Gasteiger partial charge in [-0.15, -0.1) is 11.3 Å². The van der Waals surface area contributed by atoms with E-state index in [2.05, 4.69) is 51.7 Å². The number of nitrogens with one attached hydrogen (secondary N) is 1. The van der Waals surface area contributed by atoms with Gasteiger partial charge in [-0.3, -0.25) is 0 Å². The highest BCUT2D eigenvalue weighted by atomic mass is 79.9. The van der Waals surface area contributed by atoms with E-state index in [1.807, 2.05) is 12.1 Å². The summed E-state index contributed by atoms with van der Waals surface area (Å²) >= 11 is 11.4. The van der Waals surface area contributed by atoms with E-state index in [9.17, 15) is 0 Å². The molecule has 2 rings (SSSR count). The number of hydrogen-bond acceptors (Lipinski definition) is 2. The molecule has 0 aliphatic heterocycles. The van der Waals surface area contributed by atoms with Crippen LogP contribution in [0.15, 0.2) is 40.2 Å². The van der Waals surface area contributed by atoms with Crippen molar-refractivity contribution in [3.63, 3.8) is 0 Å². The van der Waals surface area contributed by atoms with Crippen molar-refractivity contribution in [2.24, 2.45) is 0 Å². The van der Waals surface area contributed by atoms with E-state index in [-0.39, 0.29) is 6.04 Å². The van der Waals surface area contributed by atoms with Gasteiger partial charge in [-0.1, -0.05) is 40.5 Å². The third-order valence-corrected chi connectivity index (χ3v) is 4.26. The van der Waals surface area contributed by atoms with Crippen molar-refractivity contribution in [3.8, 4) is 0 Å². The molecule has 1 atom stereocenters. The summed E-state index contributed by atoms with van der Waals surface area (Å²) in [6.07, 6.45) is 1.11. The summed E-state index contributed by atoms with van der Waals surface area (Å²) in [5, 5.41) is 6.44. The van der Waals surface area contributed by atoms with Gasteiger partial charge in [0, 0.05) is 14.4 Å². The molecule has 1 heterocycles. The highest BCUT2D eigenvalue weighted by Gasteiger charge is 2.15. The van der Waals surface area contributed by atoms with E-state index in [1.54, 1.807) is 11.3 Å².